The van der Waals surface area contributed by atoms with Crippen LogP contribution >= 0.6 is 0 Å². The van der Waals surface area contributed by atoms with Crippen LogP contribution in [0, 0.1) is 0 Å². The van der Waals surface area contributed by atoms with Crippen LogP contribution in [0.2, 0.25) is 0 Å². The lowest BCUT2D eigenvalue weighted by molar-refractivity contribution is -0.145. The second-order valence-electron chi connectivity index (χ2n) is 7.09. The van der Waals surface area contributed by atoms with Crippen LogP contribution in [0.15, 0.2) is 4.99 Å². The van der Waals surface area contributed by atoms with Crippen molar-refractivity contribution in [1.29, 1.82) is 0 Å². The largest absolute Gasteiger partial charge is 0.480 e. The van der Waals surface area contributed by atoms with Gasteiger partial charge in [0.2, 0.25) is 23.6 Å². The average molecular weight is 442 g/mol. The van der Waals surface area contributed by atoms with Gasteiger partial charge < -0.3 is 43.6 Å². The fourth-order valence-electron chi connectivity index (χ4n) is 3.05. The number of rotatable bonds is 12. The number of amides is 4. The van der Waals surface area contributed by atoms with Gasteiger partial charge in [0.05, 0.1) is 19.0 Å². The van der Waals surface area contributed by atoms with Crippen molar-refractivity contribution in [3.63, 3.8) is 0 Å². The fraction of sp³-hybridized carbons (Fsp3) is 0.647. The minimum absolute atomic E-state index is 0.0582. The van der Waals surface area contributed by atoms with Crippen molar-refractivity contribution < 1.29 is 29.1 Å². The molecule has 0 aromatic rings. The molecule has 14 heteroatoms. The first-order chi connectivity index (χ1) is 14.5. The van der Waals surface area contributed by atoms with Gasteiger partial charge in [-0.05, 0) is 25.7 Å². The number of hydrogen-bond donors (Lipinski definition) is 7. The molecule has 0 bridgehead atoms. The van der Waals surface area contributed by atoms with Crippen LogP contribution in [0.25, 0.3) is 0 Å². The Morgan fingerprint density at radius 1 is 1.16 bits per heavy atom. The maximum atomic E-state index is 12.5. The molecule has 1 aliphatic rings. The zero-order valence-corrected chi connectivity index (χ0v) is 17.1. The Labute approximate surface area is 178 Å². The maximum absolute atomic E-state index is 12.5. The predicted molar refractivity (Wildman–Crippen MR) is 109 cm³/mol. The van der Waals surface area contributed by atoms with Crippen LogP contribution in [0.5, 0.6) is 0 Å². The smallest absolute Gasteiger partial charge is 0.326 e. The van der Waals surface area contributed by atoms with E-state index >= 15 is 0 Å². The van der Waals surface area contributed by atoms with Gasteiger partial charge in [0.25, 0.3) is 0 Å². The monoisotopic (exact) mass is 442 g/mol. The molecule has 0 aromatic heterocycles. The summed E-state index contributed by atoms with van der Waals surface area (Å²) in [6.45, 7) is 0.221. The van der Waals surface area contributed by atoms with Crippen LogP contribution in [0.3, 0.4) is 0 Å². The summed E-state index contributed by atoms with van der Waals surface area (Å²) in [7, 11) is 0. The summed E-state index contributed by atoms with van der Waals surface area (Å²) in [6.07, 6.45) is 1.06. The predicted octanol–water partition coefficient (Wildman–Crippen LogP) is -4.08. The van der Waals surface area contributed by atoms with Gasteiger partial charge in [-0.2, -0.15) is 0 Å². The van der Waals surface area contributed by atoms with Crippen molar-refractivity contribution in [3.05, 3.63) is 0 Å². The van der Waals surface area contributed by atoms with Crippen molar-refractivity contribution in [2.24, 2.45) is 27.9 Å². The molecule has 3 unspecified atom stereocenters. The van der Waals surface area contributed by atoms with Crippen molar-refractivity contribution in [1.82, 2.24) is 15.5 Å². The van der Waals surface area contributed by atoms with E-state index in [9.17, 15) is 24.0 Å². The summed E-state index contributed by atoms with van der Waals surface area (Å²) in [5, 5.41) is 13.8. The van der Waals surface area contributed by atoms with Gasteiger partial charge in [0.1, 0.15) is 12.1 Å². The first-order valence-electron chi connectivity index (χ1n) is 9.72. The highest BCUT2D eigenvalue weighted by atomic mass is 16.4. The summed E-state index contributed by atoms with van der Waals surface area (Å²) in [5.74, 6) is -4.11. The Balaban J connectivity index is 2.55. The second kappa shape index (κ2) is 12.3. The number of nitrogens with zero attached hydrogens (tertiary/aromatic N) is 2. The number of carbonyl (C=O) groups is 5. The van der Waals surface area contributed by atoms with Crippen LogP contribution in [0.4, 0.5) is 0 Å². The van der Waals surface area contributed by atoms with E-state index in [1.54, 1.807) is 0 Å². The molecule has 0 aromatic carbocycles. The van der Waals surface area contributed by atoms with Gasteiger partial charge in [-0.25, -0.2) is 4.79 Å². The Morgan fingerprint density at radius 2 is 1.84 bits per heavy atom. The number of aliphatic carboxylic acids is 1. The number of primary amides is 1. The third kappa shape index (κ3) is 8.86. The number of guanidine groups is 1. The molecule has 31 heavy (non-hydrogen) atoms. The maximum Gasteiger partial charge on any atom is 0.326 e. The molecule has 0 radical (unpaired) electrons. The molecule has 11 N–H and O–H groups in total. The SMILES string of the molecule is NC(=O)CC(NC(=O)C1CCCN1C(=O)CNC(=O)C(N)CCCN=C(N)N)C(=O)O. The first kappa shape index (κ1) is 25.6. The van der Waals surface area contributed by atoms with E-state index < -0.39 is 54.1 Å². The van der Waals surface area contributed by atoms with E-state index in [1.165, 1.54) is 4.90 Å². The van der Waals surface area contributed by atoms with E-state index in [0.29, 0.717) is 32.2 Å². The molecule has 1 heterocycles. The highest BCUT2D eigenvalue weighted by Gasteiger charge is 2.36. The Morgan fingerprint density at radius 3 is 2.42 bits per heavy atom. The Kier molecular flexibility index (Phi) is 10.2. The summed E-state index contributed by atoms with van der Waals surface area (Å²) in [5.41, 5.74) is 21.2. The van der Waals surface area contributed by atoms with Crippen molar-refractivity contribution in [2.45, 2.75) is 50.2 Å². The zero-order valence-electron chi connectivity index (χ0n) is 17.1. The molecule has 0 spiro atoms. The second-order valence-corrected chi connectivity index (χ2v) is 7.09. The fourth-order valence-corrected chi connectivity index (χ4v) is 3.05. The molecular weight excluding hydrogens is 412 g/mol. The molecule has 3 atom stereocenters. The molecule has 1 fully saturated rings. The minimum Gasteiger partial charge on any atom is -0.480 e. The van der Waals surface area contributed by atoms with Crippen LogP contribution in [-0.2, 0) is 24.0 Å². The molecular formula is C17H30N8O6. The lowest BCUT2D eigenvalue weighted by atomic mass is 10.1. The summed E-state index contributed by atoms with van der Waals surface area (Å²) in [6, 6.07) is -3.25. The molecule has 1 saturated heterocycles. The first-order valence-corrected chi connectivity index (χ1v) is 9.72. The van der Waals surface area contributed by atoms with Crippen molar-refractivity contribution in [2.75, 3.05) is 19.6 Å². The molecule has 174 valence electrons. The molecule has 1 aliphatic heterocycles. The van der Waals surface area contributed by atoms with Gasteiger partial charge in [-0.1, -0.05) is 0 Å². The van der Waals surface area contributed by atoms with E-state index in [0.717, 1.165) is 0 Å². The number of likely N-dealkylation sites (tertiary alicyclic amines) is 1. The molecule has 0 aliphatic carbocycles. The Hall–Kier alpha value is -3.42. The molecule has 14 nitrogen and oxygen atoms in total. The quantitative estimate of drug-likeness (QED) is 0.0880. The van der Waals surface area contributed by atoms with Crippen molar-refractivity contribution >= 4 is 35.6 Å². The topological polar surface area (TPSA) is 249 Å². The highest BCUT2D eigenvalue weighted by Crippen LogP contribution is 2.17. The van der Waals surface area contributed by atoms with Gasteiger partial charge in [-0.15, -0.1) is 0 Å². The molecule has 0 saturated carbocycles. The van der Waals surface area contributed by atoms with Gasteiger partial charge in [-0.3, -0.25) is 24.2 Å². The lowest BCUT2D eigenvalue weighted by Crippen LogP contribution is -2.53. The molecule has 4 amide bonds. The number of carboxylic acid groups (broad SMARTS) is 1. The van der Waals surface area contributed by atoms with Gasteiger partial charge in [0.15, 0.2) is 5.96 Å². The van der Waals surface area contributed by atoms with Crippen LogP contribution in [0.1, 0.15) is 32.1 Å². The van der Waals surface area contributed by atoms with Crippen LogP contribution in [-0.4, -0.2) is 83.3 Å². The van der Waals surface area contributed by atoms with E-state index in [2.05, 4.69) is 15.6 Å². The summed E-state index contributed by atoms with van der Waals surface area (Å²) >= 11 is 0. The number of aliphatic imine (C=N–C) groups is 1. The summed E-state index contributed by atoms with van der Waals surface area (Å²) < 4.78 is 0. The standard InChI is InChI=1S/C17H30N8O6/c18-9(3-1-5-22-17(20)21)14(28)23-8-13(27)25-6-2-4-11(25)15(29)24-10(16(30)31)7-12(19)26/h9-11H,1-8,18H2,(H2,19,26)(H,23,28)(H,24,29)(H,30,31)(H4,20,21,22). The molecule has 1 rings (SSSR count). The highest BCUT2D eigenvalue weighted by molar-refractivity contribution is 5.94. The zero-order chi connectivity index (χ0) is 23.6. The number of carboxylic acids is 1. The average Bonchev–Trinajstić information content (AvgIpc) is 3.17. The number of hydrogen-bond acceptors (Lipinski definition) is 7. The van der Waals surface area contributed by atoms with Crippen molar-refractivity contribution in [3.8, 4) is 0 Å². The van der Waals surface area contributed by atoms with Gasteiger partial charge >= 0.3 is 5.97 Å². The van der Waals surface area contributed by atoms with Gasteiger partial charge in [0, 0.05) is 13.1 Å². The third-order valence-electron chi connectivity index (χ3n) is 4.61. The summed E-state index contributed by atoms with van der Waals surface area (Å²) in [4.78, 5) is 64.2. The normalized spacial score (nSPS) is 17.3. The number of carbonyl (C=O) groups excluding carboxylic acids is 4. The van der Waals surface area contributed by atoms with E-state index in [4.69, 9.17) is 28.0 Å². The third-order valence-corrected chi connectivity index (χ3v) is 4.61. The van der Waals surface area contributed by atoms with E-state index in [-0.39, 0.29) is 19.0 Å². The van der Waals surface area contributed by atoms with Crippen LogP contribution < -0.4 is 33.6 Å². The minimum atomic E-state index is -1.49. The lowest BCUT2D eigenvalue weighted by Gasteiger charge is -2.25. The number of nitrogens with two attached hydrogens (primary N) is 4. The van der Waals surface area contributed by atoms with E-state index in [1.807, 2.05) is 0 Å². The number of nitrogens with one attached hydrogen (secondary N) is 2. The Bertz CT molecular complexity index is 723.